The molecule has 0 radical (unpaired) electrons. The molecule has 9 amide bonds. The van der Waals surface area contributed by atoms with Gasteiger partial charge in [0.25, 0.3) is 11.8 Å². The average Bonchev–Trinajstić information content (AvgIpc) is 4.22. The number of fused-ring (bicyclic) bond motifs is 4. The van der Waals surface area contributed by atoms with E-state index in [0.29, 0.717) is 55.2 Å². The van der Waals surface area contributed by atoms with E-state index < -0.39 is 84.5 Å². The lowest BCUT2D eigenvalue weighted by Crippen LogP contribution is -2.62. The van der Waals surface area contributed by atoms with Crippen molar-refractivity contribution < 1.29 is 66.3 Å². The van der Waals surface area contributed by atoms with Crippen molar-refractivity contribution in [1.29, 1.82) is 0 Å². The van der Waals surface area contributed by atoms with Gasteiger partial charge in [-0.3, -0.25) is 53.0 Å². The number of hydrogen-bond donors (Lipinski definition) is 8. The predicted molar refractivity (Wildman–Crippen MR) is 283 cm³/mol. The van der Waals surface area contributed by atoms with Gasteiger partial charge in [0, 0.05) is 79.0 Å². The van der Waals surface area contributed by atoms with E-state index in [0.717, 1.165) is 42.2 Å². The smallest absolute Gasteiger partial charge is 0.370 e. The van der Waals surface area contributed by atoms with Crippen LogP contribution in [-0.4, -0.2) is 126 Å². The summed E-state index contributed by atoms with van der Waals surface area (Å²) >= 11 is 0. The highest BCUT2D eigenvalue weighted by atomic mass is 31.2. The number of imide groups is 1. The zero-order valence-corrected chi connectivity index (χ0v) is 44.5. The third kappa shape index (κ3) is 12.3. The number of piperidine rings is 1. The average molecular weight is 1120 g/mol. The molecule has 80 heavy (non-hydrogen) atoms. The summed E-state index contributed by atoms with van der Waals surface area (Å²) in [6.45, 7) is 0.00561. The highest BCUT2D eigenvalue weighted by molar-refractivity contribution is 7.52. The number of aryl methyl sites for hydroxylation is 1. The van der Waals surface area contributed by atoms with Crippen LogP contribution < -0.4 is 27.0 Å². The second-order valence-corrected chi connectivity index (χ2v) is 22.7. The third-order valence-electron chi connectivity index (χ3n) is 15.7. The van der Waals surface area contributed by atoms with E-state index in [9.17, 15) is 66.3 Å². The van der Waals surface area contributed by atoms with Crippen LogP contribution in [0.15, 0.2) is 66.7 Å². The van der Waals surface area contributed by atoms with Crippen molar-refractivity contribution >= 4 is 71.7 Å². The molecule has 0 saturated carbocycles. The Kier molecular flexibility index (Phi) is 17.0. The van der Waals surface area contributed by atoms with Crippen LogP contribution in [0.5, 0.6) is 0 Å². The number of nitrogens with one attached hydrogen (secondary N) is 5. The van der Waals surface area contributed by atoms with Gasteiger partial charge in [0.1, 0.15) is 29.9 Å². The molecular formula is C56H62F2N9O12P. The van der Waals surface area contributed by atoms with Gasteiger partial charge in [-0.05, 0) is 111 Å². The molecule has 5 aliphatic rings. The molecule has 9 rings (SSSR count). The minimum atomic E-state index is -5.93. The maximum absolute atomic E-state index is 14.9. The molecule has 3 saturated heterocycles. The van der Waals surface area contributed by atoms with Gasteiger partial charge in [0.15, 0.2) is 0 Å². The molecule has 3 aromatic carbocycles. The van der Waals surface area contributed by atoms with Crippen LogP contribution >= 0.6 is 7.60 Å². The fraction of sp³-hybridized carbons (Fsp3) is 0.446. The van der Waals surface area contributed by atoms with Gasteiger partial charge in [-0.2, -0.15) is 8.78 Å². The summed E-state index contributed by atoms with van der Waals surface area (Å²) in [5, 5.41) is 10.8. The molecule has 24 heteroatoms. The van der Waals surface area contributed by atoms with E-state index in [1.807, 2.05) is 24.3 Å². The molecular weight excluding hydrogens is 1060 g/mol. The molecule has 6 atom stereocenters. The van der Waals surface area contributed by atoms with Gasteiger partial charge in [-0.1, -0.05) is 54.7 Å². The second kappa shape index (κ2) is 23.9. The molecule has 0 bridgehead atoms. The van der Waals surface area contributed by atoms with Crippen molar-refractivity contribution in [3.05, 3.63) is 106 Å². The molecule has 4 aliphatic heterocycles. The monoisotopic (exact) mass is 1120 g/mol. The number of carbonyl (C=O) groups is 9. The number of nitrogens with zero attached hydrogens (tertiary/aromatic N) is 3. The zero-order chi connectivity index (χ0) is 57.0. The molecule has 3 fully saturated rings. The Morgan fingerprint density at radius 3 is 2.45 bits per heavy atom. The van der Waals surface area contributed by atoms with Gasteiger partial charge >= 0.3 is 13.3 Å². The number of primary amides is 1. The van der Waals surface area contributed by atoms with E-state index in [-0.39, 0.29) is 105 Å². The van der Waals surface area contributed by atoms with Gasteiger partial charge in [0.05, 0.1) is 6.04 Å². The maximum atomic E-state index is 14.9. The highest BCUT2D eigenvalue weighted by Gasteiger charge is 2.51. The standard InChI is InChI=1S/C56H62F2N9O12P/c57-56(58,80(77,78)79)35-18-20-40-34(28-35)29-43(60-40)51(72)63-44-31-65(49(70)17-5-3-1-2-4-10-33-12-8-15-38-39(33)30-66(54(38)75)45-23-25-48(69)64-52(45)73)27-26-36-19-22-46(67(36)55(44)76)53(74)62-42(21-24-47(59)68)50(71)61-41-16-9-13-32-11-6-7-14-37(32)41/h6-8,11-12,14-15,18,20,28-29,36,41-42,44-46,60H,1-3,5,9,13,16-17,19,21-27,30-31H2,(H2,59,68)(H,61,71)(H,62,74)(H,63,72)(H,64,69,73)(H2,77,78,79)/t36-,41+,42+,44+,45?,46+/m1/s1. The lowest BCUT2D eigenvalue weighted by Gasteiger charge is -2.39. The van der Waals surface area contributed by atoms with Crippen LogP contribution in [0.2, 0.25) is 0 Å². The number of unbranched alkanes of at least 4 members (excludes halogenated alkanes) is 3. The molecule has 21 nitrogen and oxygen atoms in total. The van der Waals surface area contributed by atoms with E-state index in [1.54, 1.807) is 18.2 Å². The normalized spacial score (nSPS) is 21.5. The second-order valence-electron chi connectivity index (χ2n) is 21.0. The van der Waals surface area contributed by atoms with Crippen molar-refractivity contribution in [2.24, 2.45) is 5.73 Å². The molecule has 4 aromatic rings. The first kappa shape index (κ1) is 56.9. The van der Waals surface area contributed by atoms with Crippen LogP contribution in [0.25, 0.3) is 10.9 Å². The lowest BCUT2D eigenvalue weighted by molar-refractivity contribution is -0.145. The summed E-state index contributed by atoms with van der Waals surface area (Å²) in [6.07, 6.45) is 5.32. The first-order valence-electron chi connectivity index (χ1n) is 26.9. The van der Waals surface area contributed by atoms with Crippen LogP contribution in [-0.2, 0) is 56.8 Å². The summed E-state index contributed by atoms with van der Waals surface area (Å²) in [5.74, 6) is 1.33. The number of nitrogens with two attached hydrogens (primary N) is 1. The summed E-state index contributed by atoms with van der Waals surface area (Å²) in [6, 6.07) is 11.4. The minimum Gasteiger partial charge on any atom is -0.370 e. The molecule has 5 heterocycles. The van der Waals surface area contributed by atoms with Gasteiger partial charge in [-0.25, -0.2) is 0 Å². The van der Waals surface area contributed by atoms with Crippen LogP contribution in [0.3, 0.4) is 0 Å². The zero-order valence-electron chi connectivity index (χ0n) is 43.6. The topological polar surface area (TPSA) is 311 Å². The van der Waals surface area contributed by atoms with Crippen molar-refractivity contribution in [3.8, 4) is 11.8 Å². The fourth-order valence-corrected chi connectivity index (χ4v) is 12.0. The Hall–Kier alpha value is -7.80. The summed E-state index contributed by atoms with van der Waals surface area (Å²) in [5.41, 5.74) is 3.78. The number of amides is 9. The Balaban J connectivity index is 0.875. The van der Waals surface area contributed by atoms with Crippen molar-refractivity contribution in [3.63, 3.8) is 0 Å². The first-order chi connectivity index (χ1) is 38.2. The molecule has 1 aliphatic carbocycles. The van der Waals surface area contributed by atoms with Gasteiger partial charge in [-0.15, -0.1) is 0 Å². The van der Waals surface area contributed by atoms with Crippen molar-refractivity contribution in [2.45, 2.75) is 145 Å². The number of halogens is 2. The maximum Gasteiger partial charge on any atom is 0.399 e. The largest absolute Gasteiger partial charge is 0.399 e. The fourth-order valence-electron chi connectivity index (χ4n) is 11.5. The number of aromatic nitrogens is 1. The third-order valence-corrected chi connectivity index (χ3v) is 16.7. The molecule has 1 unspecified atom stereocenters. The lowest BCUT2D eigenvalue weighted by atomic mass is 9.87. The highest BCUT2D eigenvalue weighted by Crippen LogP contribution is 2.59. The SMILES string of the molecule is NC(=O)CC[C@H](NC(=O)[C@@H]1CC[C@@H]2CCN(C(=O)CCCCCC#Cc3cccc4c3CN(C3CCC(=O)NC3=O)C4=O)C[C@H](NC(=O)c3cc4cc(C(F)(F)P(=O)(O)O)ccc4[nH]3)C(=O)N21)C(=O)N[C@H]1CCCc2ccccc21. The number of aromatic amines is 1. The number of H-pyrrole nitrogens is 1. The quantitative estimate of drug-likeness (QED) is 0.0324. The Morgan fingerprint density at radius 2 is 1.68 bits per heavy atom. The molecule has 0 spiro atoms. The molecule has 9 N–H and O–H groups in total. The Bertz CT molecular complexity index is 3280. The number of hydrogen-bond acceptors (Lipinski definition) is 10. The number of benzene rings is 3. The predicted octanol–water partition coefficient (Wildman–Crippen LogP) is 3.79. The summed E-state index contributed by atoms with van der Waals surface area (Å²) in [4.78, 5) is 147. The number of carbonyl (C=O) groups excluding carboxylic acids is 9. The van der Waals surface area contributed by atoms with E-state index >= 15 is 0 Å². The van der Waals surface area contributed by atoms with E-state index in [4.69, 9.17) is 5.73 Å². The number of alkyl halides is 2. The van der Waals surface area contributed by atoms with Gasteiger partial charge < -0.3 is 51.2 Å². The number of rotatable bonds is 17. The van der Waals surface area contributed by atoms with Crippen molar-refractivity contribution in [1.82, 2.24) is 41.0 Å². The minimum absolute atomic E-state index is 0.00459. The van der Waals surface area contributed by atoms with E-state index in [2.05, 4.69) is 38.1 Å². The Morgan fingerprint density at radius 1 is 0.875 bits per heavy atom. The summed E-state index contributed by atoms with van der Waals surface area (Å²) in [7, 11) is -5.93. The van der Waals surface area contributed by atoms with E-state index in [1.165, 1.54) is 20.8 Å². The summed E-state index contributed by atoms with van der Waals surface area (Å²) < 4.78 is 41.0. The Labute approximate surface area is 458 Å². The van der Waals surface area contributed by atoms with Crippen molar-refractivity contribution in [2.75, 3.05) is 13.1 Å². The molecule has 422 valence electrons. The first-order valence-corrected chi connectivity index (χ1v) is 28.5. The van der Waals surface area contributed by atoms with Crippen LogP contribution in [0, 0.1) is 11.8 Å². The van der Waals surface area contributed by atoms with Crippen LogP contribution in [0.1, 0.15) is 145 Å². The van der Waals surface area contributed by atoms with Crippen LogP contribution in [0.4, 0.5) is 8.78 Å². The molecule has 1 aromatic heterocycles. The van der Waals surface area contributed by atoms with Gasteiger partial charge in [0.2, 0.25) is 41.4 Å².